The van der Waals surface area contributed by atoms with Gasteiger partial charge in [-0.15, -0.1) is 0 Å². The zero-order valence-corrected chi connectivity index (χ0v) is 11.5. The first kappa shape index (κ1) is 12.0. The van der Waals surface area contributed by atoms with Gasteiger partial charge in [0.15, 0.2) is 0 Å². The Hall–Kier alpha value is -1.02. The number of benzene rings is 1. The van der Waals surface area contributed by atoms with Crippen LogP contribution in [0.15, 0.2) is 18.2 Å². The number of ether oxygens (including phenoxy) is 1. The van der Waals surface area contributed by atoms with Crippen molar-refractivity contribution in [3.8, 4) is 5.75 Å². The van der Waals surface area contributed by atoms with E-state index in [1.165, 1.54) is 24.0 Å². The van der Waals surface area contributed by atoms with E-state index in [2.05, 4.69) is 32.0 Å². The SMILES string of the molecule is CC1(C)CCCC(N)(c2cccc3c2OCC3)C1. The van der Waals surface area contributed by atoms with E-state index >= 15 is 0 Å². The third-order valence-corrected chi connectivity index (χ3v) is 4.52. The minimum absolute atomic E-state index is 0.197. The summed E-state index contributed by atoms with van der Waals surface area (Å²) in [4.78, 5) is 0. The molecule has 2 heteroatoms. The summed E-state index contributed by atoms with van der Waals surface area (Å²) < 4.78 is 5.84. The number of hydrogen-bond donors (Lipinski definition) is 1. The Morgan fingerprint density at radius 1 is 1.22 bits per heavy atom. The minimum atomic E-state index is -0.197. The van der Waals surface area contributed by atoms with Crippen LogP contribution >= 0.6 is 0 Å². The van der Waals surface area contributed by atoms with E-state index < -0.39 is 0 Å². The molecule has 1 atom stereocenters. The van der Waals surface area contributed by atoms with Crippen molar-refractivity contribution in [3.63, 3.8) is 0 Å². The lowest BCUT2D eigenvalue weighted by atomic mass is 9.66. The molecule has 1 unspecified atom stereocenters. The van der Waals surface area contributed by atoms with Gasteiger partial charge < -0.3 is 10.5 Å². The quantitative estimate of drug-likeness (QED) is 0.823. The van der Waals surface area contributed by atoms with Gasteiger partial charge in [-0.2, -0.15) is 0 Å². The first-order valence-corrected chi connectivity index (χ1v) is 7.04. The number of hydrogen-bond acceptors (Lipinski definition) is 2. The second kappa shape index (κ2) is 3.99. The molecule has 1 aromatic rings. The molecular weight excluding hydrogens is 222 g/mol. The van der Waals surface area contributed by atoms with Crippen LogP contribution in [0, 0.1) is 5.41 Å². The van der Waals surface area contributed by atoms with Crippen LogP contribution in [0.25, 0.3) is 0 Å². The summed E-state index contributed by atoms with van der Waals surface area (Å²) >= 11 is 0. The smallest absolute Gasteiger partial charge is 0.127 e. The van der Waals surface area contributed by atoms with Crippen LogP contribution in [0.4, 0.5) is 0 Å². The molecule has 2 aliphatic rings. The van der Waals surface area contributed by atoms with Crippen LogP contribution in [0.1, 0.15) is 50.7 Å². The summed E-state index contributed by atoms with van der Waals surface area (Å²) in [5.41, 5.74) is 9.47. The number of fused-ring (bicyclic) bond motifs is 1. The van der Waals surface area contributed by atoms with E-state index in [1.807, 2.05) is 0 Å². The number of rotatable bonds is 1. The summed E-state index contributed by atoms with van der Waals surface area (Å²) in [6.07, 6.45) is 5.66. The van der Waals surface area contributed by atoms with Crippen molar-refractivity contribution in [1.82, 2.24) is 0 Å². The molecule has 1 aliphatic heterocycles. The van der Waals surface area contributed by atoms with Gasteiger partial charge in [0.25, 0.3) is 0 Å². The molecule has 98 valence electrons. The van der Waals surface area contributed by atoms with Gasteiger partial charge in [0.05, 0.1) is 6.61 Å². The fraction of sp³-hybridized carbons (Fsp3) is 0.625. The summed E-state index contributed by atoms with van der Waals surface area (Å²) in [7, 11) is 0. The summed E-state index contributed by atoms with van der Waals surface area (Å²) in [5.74, 6) is 1.08. The second-order valence-corrected chi connectivity index (χ2v) is 6.74. The van der Waals surface area contributed by atoms with Gasteiger partial charge in [-0.05, 0) is 30.2 Å². The van der Waals surface area contributed by atoms with Crippen LogP contribution in [0.2, 0.25) is 0 Å². The van der Waals surface area contributed by atoms with E-state index in [0.717, 1.165) is 31.6 Å². The largest absolute Gasteiger partial charge is 0.493 e. The third kappa shape index (κ3) is 1.93. The van der Waals surface area contributed by atoms with Gasteiger partial charge in [0.2, 0.25) is 0 Å². The highest BCUT2D eigenvalue weighted by atomic mass is 16.5. The van der Waals surface area contributed by atoms with Crippen molar-refractivity contribution < 1.29 is 4.74 Å². The lowest BCUT2D eigenvalue weighted by Crippen LogP contribution is -2.44. The molecule has 1 aromatic carbocycles. The van der Waals surface area contributed by atoms with Crippen molar-refractivity contribution >= 4 is 0 Å². The monoisotopic (exact) mass is 245 g/mol. The molecule has 1 heterocycles. The maximum atomic E-state index is 6.75. The average Bonchev–Trinajstić information content (AvgIpc) is 2.74. The molecule has 0 radical (unpaired) electrons. The van der Waals surface area contributed by atoms with Crippen molar-refractivity contribution in [1.29, 1.82) is 0 Å². The number of nitrogens with two attached hydrogens (primary N) is 1. The summed E-state index contributed by atoms with van der Waals surface area (Å²) in [6, 6.07) is 6.48. The molecular formula is C16H23NO. The molecule has 0 bridgehead atoms. The molecule has 0 spiro atoms. The van der Waals surface area contributed by atoms with Crippen LogP contribution in [0.5, 0.6) is 5.75 Å². The van der Waals surface area contributed by atoms with E-state index in [-0.39, 0.29) is 5.54 Å². The molecule has 18 heavy (non-hydrogen) atoms. The highest BCUT2D eigenvalue weighted by Crippen LogP contribution is 2.48. The Morgan fingerprint density at radius 3 is 2.83 bits per heavy atom. The lowest BCUT2D eigenvalue weighted by molar-refractivity contribution is 0.148. The fourth-order valence-corrected chi connectivity index (χ4v) is 3.75. The minimum Gasteiger partial charge on any atom is -0.493 e. The summed E-state index contributed by atoms with van der Waals surface area (Å²) in [6.45, 7) is 5.47. The lowest BCUT2D eigenvalue weighted by Gasteiger charge is -2.43. The van der Waals surface area contributed by atoms with Crippen molar-refractivity contribution in [2.45, 2.75) is 51.5 Å². The van der Waals surface area contributed by atoms with E-state index in [1.54, 1.807) is 0 Å². The molecule has 1 fully saturated rings. The summed E-state index contributed by atoms with van der Waals surface area (Å²) in [5, 5.41) is 0. The zero-order valence-electron chi connectivity index (χ0n) is 11.5. The van der Waals surface area contributed by atoms with E-state index in [4.69, 9.17) is 10.5 Å². The van der Waals surface area contributed by atoms with Gasteiger partial charge >= 0.3 is 0 Å². The highest BCUT2D eigenvalue weighted by Gasteiger charge is 2.40. The zero-order chi connectivity index (χ0) is 12.8. The average molecular weight is 245 g/mol. The van der Waals surface area contributed by atoms with Crippen molar-refractivity contribution in [3.05, 3.63) is 29.3 Å². The molecule has 2 N–H and O–H groups in total. The third-order valence-electron chi connectivity index (χ3n) is 4.52. The Balaban J connectivity index is 2.01. The van der Waals surface area contributed by atoms with Crippen LogP contribution in [0.3, 0.4) is 0 Å². The molecule has 2 nitrogen and oxygen atoms in total. The topological polar surface area (TPSA) is 35.2 Å². The standard InChI is InChI=1S/C16H23NO/c1-15(2)8-4-9-16(17,11-15)13-6-3-5-12-7-10-18-14(12)13/h3,5-6H,4,7-11,17H2,1-2H3. The van der Waals surface area contributed by atoms with Gasteiger partial charge in [-0.1, -0.05) is 38.5 Å². The Bertz CT molecular complexity index is 466. The Labute approximate surface area is 110 Å². The van der Waals surface area contributed by atoms with E-state index in [9.17, 15) is 0 Å². The predicted octanol–water partition coefficient (Wildman–Crippen LogP) is 3.38. The van der Waals surface area contributed by atoms with Crippen LogP contribution in [-0.4, -0.2) is 6.61 Å². The Morgan fingerprint density at radius 2 is 2.06 bits per heavy atom. The van der Waals surface area contributed by atoms with Crippen molar-refractivity contribution in [2.75, 3.05) is 6.61 Å². The molecule has 1 aliphatic carbocycles. The second-order valence-electron chi connectivity index (χ2n) is 6.74. The van der Waals surface area contributed by atoms with Gasteiger partial charge in [0, 0.05) is 17.5 Å². The maximum Gasteiger partial charge on any atom is 0.127 e. The molecule has 1 saturated carbocycles. The first-order chi connectivity index (χ1) is 8.50. The normalized spacial score (nSPS) is 29.7. The number of para-hydroxylation sites is 1. The molecule has 0 amide bonds. The first-order valence-electron chi connectivity index (χ1n) is 7.04. The fourth-order valence-electron chi connectivity index (χ4n) is 3.75. The van der Waals surface area contributed by atoms with Crippen molar-refractivity contribution in [2.24, 2.45) is 11.1 Å². The predicted molar refractivity (Wildman–Crippen MR) is 73.8 cm³/mol. The molecule has 3 rings (SSSR count). The molecule has 0 saturated heterocycles. The Kier molecular flexibility index (Phi) is 2.67. The van der Waals surface area contributed by atoms with E-state index in [0.29, 0.717) is 5.41 Å². The van der Waals surface area contributed by atoms with Crippen LogP contribution < -0.4 is 10.5 Å². The van der Waals surface area contributed by atoms with Gasteiger partial charge in [-0.3, -0.25) is 0 Å². The van der Waals surface area contributed by atoms with Gasteiger partial charge in [-0.25, -0.2) is 0 Å². The highest BCUT2D eigenvalue weighted by molar-refractivity contribution is 5.47. The maximum absolute atomic E-state index is 6.75. The van der Waals surface area contributed by atoms with Crippen LogP contribution in [-0.2, 0) is 12.0 Å². The molecule has 0 aromatic heterocycles. The van der Waals surface area contributed by atoms with Gasteiger partial charge in [0.1, 0.15) is 5.75 Å².